The molecular weight excluding hydrogens is 456 g/mol. The maximum atomic E-state index is 13.7. The number of benzene rings is 1. The zero-order chi connectivity index (χ0) is 25.4. The molecule has 2 N–H and O–H groups in total. The molecule has 1 aromatic carbocycles. The second-order valence-corrected chi connectivity index (χ2v) is 8.18. The minimum Gasteiger partial charge on any atom is -0.475 e. The first kappa shape index (κ1) is 26.7. The standard InChI is InChI=1S/C25H34N2O8/c1-4-34-25-19(10-12-32-14-15-33-13-11-28)20(16-21(35-25)24(30)31)22-17(2)26(3)27(23(22)29)18-8-6-5-7-9-18/h5-9,16,19-20,25,28H,4,10-15H2,1-3H3,(H,30,31)/t19-,20-,25+/m0/s1. The fourth-order valence-electron chi connectivity index (χ4n) is 4.34. The van der Waals surface area contributed by atoms with Gasteiger partial charge in [-0.25, -0.2) is 9.48 Å². The van der Waals surface area contributed by atoms with Crippen LogP contribution in [0.25, 0.3) is 5.69 Å². The molecule has 0 unspecified atom stereocenters. The Balaban J connectivity index is 1.96. The number of aromatic nitrogens is 2. The molecule has 0 radical (unpaired) electrons. The van der Waals surface area contributed by atoms with Crippen LogP contribution in [0.3, 0.4) is 0 Å². The van der Waals surface area contributed by atoms with Crippen LogP contribution in [-0.4, -0.2) is 71.5 Å². The number of nitrogens with zero attached hydrogens (tertiary/aromatic N) is 2. The van der Waals surface area contributed by atoms with Crippen molar-refractivity contribution >= 4 is 5.97 Å². The van der Waals surface area contributed by atoms with Crippen LogP contribution in [-0.2, 0) is 30.8 Å². The average molecular weight is 491 g/mol. The Kier molecular flexibility index (Phi) is 9.67. The summed E-state index contributed by atoms with van der Waals surface area (Å²) in [6.45, 7) is 5.21. The van der Waals surface area contributed by atoms with Crippen LogP contribution in [0, 0.1) is 12.8 Å². The molecule has 3 rings (SSSR count). The van der Waals surface area contributed by atoms with Crippen LogP contribution in [0.4, 0.5) is 0 Å². The van der Waals surface area contributed by atoms with E-state index in [1.807, 2.05) is 37.3 Å². The normalized spacial score (nSPS) is 19.9. The molecule has 2 aromatic rings. The van der Waals surface area contributed by atoms with Crippen molar-refractivity contribution in [1.82, 2.24) is 9.36 Å². The monoisotopic (exact) mass is 490 g/mol. The van der Waals surface area contributed by atoms with Gasteiger partial charge in [0.05, 0.1) is 32.1 Å². The summed E-state index contributed by atoms with van der Waals surface area (Å²) in [5.41, 5.74) is 1.72. The first-order valence-electron chi connectivity index (χ1n) is 11.7. The van der Waals surface area contributed by atoms with Gasteiger partial charge in [-0.2, -0.15) is 0 Å². The van der Waals surface area contributed by atoms with Crippen molar-refractivity contribution in [2.45, 2.75) is 32.5 Å². The van der Waals surface area contributed by atoms with Gasteiger partial charge in [-0.15, -0.1) is 0 Å². The van der Waals surface area contributed by atoms with Crippen LogP contribution in [0.15, 0.2) is 47.0 Å². The van der Waals surface area contributed by atoms with E-state index in [1.165, 1.54) is 6.08 Å². The molecule has 0 aliphatic carbocycles. The van der Waals surface area contributed by atoms with Crippen LogP contribution in [0.2, 0.25) is 0 Å². The Bertz CT molecular complexity index is 1060. The molecule has 10 nitrogen and oxygen atoms in total. The number of para-hydroxylation sites is 1. The third kappa shape index (κ3) is 6.21. The van der Waals surface area contributed by atoms with Gasteiger partial charge >= 0.3 is 5.97 Å². The third-order valence-corrected chi connectivity index (χ3v) is 6.06. The Morgan fingerprint density at radius 2 is 1.80 bits per heavy atom. The van der Waals surface area contributed by atoms with Crippen LogP contribution in [0.5, 0.6) is 0 Å². The Morgan fingerprint density at radius 3 is 2.43 bits per heavy atom. The van der Waals surface area contributed by atoms with Gasteiger partial charge < -0.3 is 29.2 Å². The van der Waals surface area contributed by atoms with E-state index >= 15 is 0 Å². The maximum absolute atomic E-state index is 13.7. The predicted octanol–water partition coefficient (Wildman–Crippen LogP) is 1.96. The Morgan fingerprint density at radius 1 is 1.11 bits per heavy atom. The summed E-state index contributed by atoms with van der Waals surface area (Å²) < 4.78 is 25.7. The highest BCUT2D eigenvalue weighted by molar-refractivity contribution is 5.84. The highest BCUT2D eigenvalue weighted by Crippen LogP contribution is 2.39. The molecule has 0 saturated heterocycles. The van der Waals surface area contributed by atoms with E-state index < -0.39 is 18.2 Å². The van der Waals surface area contributed by atoms with E-state index in [0.29, 0.717) is 44.1 Å². The summed E-state index contributed by atoms with van der Waals surface area (Å²) in [6, 6.07) is 9.29. The van der Waals surface area contributed by atoms with Gasteiger partial charge in [-0.3, -0.25) is 9.48 Å². The summed E-state index contributed by atoms with van der Waals surface area (Å²) >= 11 is 0. The zero-order valence-corrected chi connectivity index (χ0v) is 20.4. The van der Waals surface area contributed by atoms with Crippen molar-refractivity contribution < 1.29 is 34.0 Å². The molecule has 10 heteroatoms. The SMILES string of the molecule is CCO[C@@H]1OC(C(=O)O)=C[C@H](c2c(C)n(C)n(-c3ccccc3)c2=O)[C@@H]1CCOCCOCCO. The van der Waals surface area contributed by atoms with E-state index in [0.717, 1.165) is 5.69 Å². The molecule has 1 aromatic heterocycles. The number of rotatable bonds is 13. The second-order valence-electron chi connectivity index (χ2n) is 8.18. The fraction of sp³-hybridized carbons (Fsp3) is 0.520. The number of aliphatic hydroxyl groups excluding tert-OH is 1. The minimum absolute atomic E-state index is 0.0493. The minimum atomic E-state index is -1.22. The summed E-state index contributed by atoms with van der Waals surface area (Å²) in [7, 11) is 1.80. The summed E-state index contributed by atoms with van der Waals surface area (Å²) in [5, 5.41) is 18.5. The van der Waals surface area contributed by atoms with E-state index in [9.17, 15) is 14.7 Å². The molecule has 0 bridgehead atoms. The smallest absolute Gasteiger partial charge is 0.370 e. The molecule has 0 amide bonds. The number of allylic oxidation sites excluding steroid dienone is 1. The van der Waals surface area contributed by atoms with Crippen molar-refractivity contribution in [2.75, 3.05) is 39.6 Å². The van der Waals surface area contributed by atoms with Gasteiger partial charge in [0.25, 0.3) is 5.56 Å². The molecule has 192 valence electrons. The number of carbonyl (C=O) groups is 1. The number of hydrogen-bond donors (Lipinski definition) is 2. The van der Waals surface area contributed by atoms with Gasteiger partial charge in [-0.05, 0) is 38.5 Å². The van der Waals surface area contributed by atoms with Gasteiger partial charge in [-0.1, -0.05) is 18.2 Å². The lowest BCUT2D eigenvalue weighted by atomic mass is 9.81. The lowest BCUT2D eigenvalue weighted by Gasteiger charge is -2.36. The van der Waals surface area contributed by atoms with E-state index in [1.54, 1.807) is 23.3 Å². The van der Waals surface area contributed by atoms with Crippen LogP contribution < -0.4 is 5.56 Å². The number of hydrogen-bond acceptors (Lipinski definition) is 7. The molecule has 35 heavy (non-hydrogen) atoms. The van der Waals surface area contributed by atoms with Crippen molar-refractivity contribution in [3.63, 3.8) is 0 Å². The number of aliphatic carboxylic acids is 1. The van der Waals surface area contributed by atoms with Gasteiger partial charge in [0.1, 0.15) is 0 Å². The zero-order valence-electron chi connectivity index (χ0n) is 20.4. The molecule has 3 atom stereocenters. The first-order valence-corrected chi connectivity index (χ1v) is 11.7. The van der Waals surface area contributed by atoms with Crippen LogP contribution in [0.1, 0.15) is 30.5 Å². The molecule has 1 aliphatic rings. The lowest BCUT2D eigenvalue weighted by molar-refractivity contribution is -0.174. The third-order valence-electron chi connectivity index (χ3n) is 6.06. The van der Waals surface area contributed by atoms with E-state index in [4.69, 9.17) is 24.1 Å². The van der Waals surface area contributed by atoms with E-state index in [-0.39, 0.29) is 30.5 Å². The maximum Gasteiger partial charge on any atom is 0.370 e. The number of carboxylic acid groups (broad SMARTS) is 1. The largest absolute Gasteiger partial charge is 0.475 e. The van der Waals surface area contributed by atoms with Crippen molar-refractivity contribution in [2.24, 2.45) is 13.0 Å². The highest BCUT2D eigenvalue weighted by atomic mass is 16.7. The van der Waals surface area contributed by atoms with Crippen molar-refractivity contribution in [1.29, 1.82) is 0 Å². The number of aliphatic hydroxyl groups is 1. The summed E-state index contributed by atoms with van der Waals surface area (Å²) in [6.07, 6.45) is 1.13. The second kappa shape index (κ2) is 12.7. The molecule has 0 fully saturated rings. The summed E-state index contributed by atoms with van der Waals surface area (Å²) in [5.74, 6) is -2.36. The van der Waals surface area contributed by atoms with Gasteiger partial charge in [0, 0.05) is 43.4 Å². The molecule has 0 spiro atoms. The van der Waals surface area contributed by atoms with E-state index in [2.05, 4.69) is 0 Å². The van der Waals surface area contributed by atoms with Gasteiger partial charge in [0.15, 0.2) is 0 Å². The fourth-order valence-corrected chi connectivity index (χ4v) is 4.34. The molecule has 1 aliphatic heterocycles. The first-order chi connectivity index (χ1) is 16.9. The van der Waals surface area contributed by atoms with Crippen LogP contribution >= 0.6 is 0 Å². The quantitative estimate of drug-likeness (QED) is 0.409. The predicted molar refractivity (Wildman–Crippen MR) is 128 cm³/mol. The van der Waals surface area contributed by atoms with Crippen molar-refractivity contribution in [3.05, 3.63) is 63.8 Å². The summed E-state index contributed by atoms with van der Waals surface area (Å²) in [4.78, 5) is 25.5. The Labute approximate surface area is 204 Å². The number of carboxylic acids is 1. The lowest BCUT2D eigenvalue weighted by Crippen LogP contribution is -2.38. The topological polar surface area (TPSA) is 121 Å². The highest BCUT2D eigenvalue weighted by Gasteiger charge is 2.41. The molecular formula is C25H34N2O8. The Hall–Kier alpha value is -2.92. The molecule has 2 heterocycles. The molecule has 0 saturated carbocycles. The van der Waals surface area contributed by atoms with Gasteiger partial charge in [0.2, 0.25) is 12.0 Å². The number of ether oxygens (including phenoxy) is 4. The van der Waals surface area contributed by atoms with Crippen molar-refractivity contribution in [3.8, 4) is 5.69 Å². The average Bonchev–Trinajstić information content (AvgIpc) is 3.07.